The largest absolute Gasteiger partial charge is 0.495 e. The summed E-state index contributed by atoms with van der Waals surface area (Å²) in [5.41, 5.74) is 2.68. The van der Waals surface area contributed by atoms with E-state index in [0.717, 1.165) is 51.0 Å². The van der Waals surface area contributed by atoms with Gasteiger partial charge in [-0.25, -0.2) is 0 Å². The van der Waals surface area contributed by atoms with Crippen LogP contribution in [-0.2, 0) is 14.3 Å². The lowest BCUT2D eigenvalue weighted by Crippen LogP contribution is -2.47. The number of para-hydroxylation sites is 1. The second kappa shape index (κ2) is 20.1. The third-order valence-corrected chi connectivity index (χ3v) is 8.85. The molecule has 3 aromatic rings. The zero-order valence-electron chi connectivity index (χ0n) is 31.1. The van der Waals surface area contributed by atoms with E-state index < -0.39 is 5.91 Å². The van der Waals surface area contributed by atoms with E-state index in [1.54, 1.807) is 56.4 Å². The zero-order valence-corrected chi connectivity index (χ0v) is 31.1. The minimum Gasteiger partial charge on any atom is -0.495 e. The molecule has 0 atom stereocenters. The predicted molar refractivity (Wildman–Crippen MR) is 201 cm³/mol. The van der Waals surface area contributed by atoms with Crippen molar-refractivity contribution in [3.05, 3.63) is 77.4 Å². The first-order chi connectivity index (χ1) is 25.1. The Bertz CT molecular complexity index is 1670. The fourth-order valence-electron chi connectivity index (χ4n) is 5.80. The van der Waals surface area contributed by atoms with E-state index >= 15 is 0 Å². The molecule has 52 heavy (non-hydrogen) atoms. The normalized spacial score (nSPS) is 12.9. The van der Waals surface area contributed by atoms with Gasteiger partial charge in [0.15, 0.2) is 0 Å². The average molecular weight is 717 g/mol. The van der Waals surface area contributed by atoms with Gasteiger partial charge in [-0.15, -0.1) is 0 Å². The maximum absolute atomic E-state index is 13.7. The average Bonchev–Trinajstić information content (AvgIpc) is 3.14. The Morgan fingerprint density at radius 3 is 2.29 bits per heavy atom. The highest BCUT2D eigenvalue weighted by Crippen LogP contribution is 2.32. The molecule has 280 valence electrons. The number of methoxy groups -OCH3 is 1. The van der Waals surface area contributed by atoms with Crippen molar-refractivity contribution in [3.8, 4) is 17.2 Å². The van der Waals surface area contributed by atoms with Crippen molar-refractivity contribution in [2.75, 3.05) is 77.4 Å². The van der Waals surface area contributed by atoms with Crippen molar-refractivity contribution in [1.82, 2.24) is 9.80 Å². The SMILES string of the molecule is CCOC(=O)CCCOc1ccccc1C(=O)Nc1ccc(C(=O)N(C)c2ccc(C)cc2OCCCCCC(=O)N2CCN(C)CC2)cc1OC. The van der Waals surface area contributed by atoms with Crippen molar-refractivity contribution in [2.24, 2.45) is 0 Å². The first-order valence-corrected chi connectivity index (χ1v) is 18.0. The molecule has 0 spiro atoms. The number of hydrogen-bond donors (Lipinski definition) is 1. The number of nitrogens with one attached hydrogen (secondary N) is 1. The number of aryl methyl sites for hydroxylation is 1. The van der Waals surface area contributed by atoms with Gasteiger partial charge in [0.1, 0.15) is 17.2 Å². The van der Waals surface area contributed by atoms with Crippen LogP contribution in [0, 0.1) is 6.92 Å². The monoisotopic (exact) mass is 716 g/mol. The summed E-state index contributed by atoms with van der Waals surface area (Å²) >= 11 is 0. The van der Waals surface area contributed by atoms with Crippen LogP contribution in [0.3, 0.4) is 0 Å². The number of esters is 1. The van der Waals surface area contributed by atoms with Crippen LogP contribution in [0.25, 0.3) is 0 Å². The summed E-state index contributed by atoms with van der Waals surface area (Å²) in [4.78, 5) is 56.9. The Morgan fingerprint density at radius 2 is 1.54 bits per heavy atom. The molecule has 0 unspecified atom stereocenters. The smallest absolute Gasteiger partial charge is 0.305 e. The Labute approximate surface area is 306 Å². The first kappa shape index (κ1) is 39.7. The Balaban J connectivity index is 1.33. The number of ether oxygens (including phenoxy) is 4. The van der Waals surface area contributed by atoms with Crippen LogP contribution in [0.5, 0.6) is 17.2 Å². The molecule has 1 aliphatic rings. The Morgan fingerprint density at radius 1 is 0.808 bits per heavy atom. The molecule has 1 N–H and O–H groups in total. The minimum absolute atomic E-state index is 0.220. The number of carbonyl (C=O) groups is 4. The molecule has 1 heterocycles. The zero-order chi connectivity index (χ0) is 37.5. The molecule has 0 radical (unpaired) electrons. The summed E-state index contributed by atoms with van der Waals surface area (Å²) < 4.78 is 22.5. The molecule has 12 nitrogen and oxygen atoms in total. The molecule has 1 saturated heterocycles. The van der Waals surface area contributed by atoms with Gasteiger partial charge >= 0.3 is 5.97 Å². The second-order valence-corrected chi connectivity index (χ2v) is 12.8. The van der Waals surface area contributed by atoms with Gasteiger partial charge in [-0.05, 0) is 94.6 Å². The lowest BCUT2D eigenvalue weighted by atomic mass is 10.1. The summed E-state index contributed by atoms with van der Waals surface area (Å²) in [6.07, 6.45) is 3.68. The van der Waals surface area contributed by atoms with Crippen molar-refractivity contribution >= 4 is 35.1 Å². The Kier molecular flexibility index (Phi) is 15.3. The highest BCUT2D eigenvalue weighted by molar-refractivity contribution is 6.09. The van der Waals surface area contributed by atoms with E-state index in [-0.39, 0.29) is 30.8 Å². The van der Waals surface area contributed by atoms with E-state index in [2.05, 4.69) is 17.3 Å². The number of carbonyl (C=O) groups excluding carboxylic acids is 4. The van der Waals surface area contributed by atoms with Gasteiger partial charge in [-0.2, -0.15) is 0 Å². The maximum atomic E-state index is 13.7. The van der Waals surface area contributed by atoms with E-state index in [1.807, 2.05) is 30.0 Å². The van der Waals surface area contributed by atoms with Gasteiger partial charge in [-0.3, -0.25) is 19.2 Å². The van der Waals surface area contributed by atoms with Gasteiger partial charge in [0.05, 0.1) is 43.9 Å². The fourth-order valence-corrected chi connectivity index (χ4v) is 5.80. The van der Waals surface area contributed by atoms with Crippen LogP contribution >= 0.6 is 0 Å². The molecule has 0 bridgehead atoms. The van der Waals surface area contributed by atoms with Gasteiger partial charge < -0.3 is 39.0 Å². The predicted octanol–water partition coefficient (Wildman–Crippen LogP) is 5.97. The molecule has 3 aromatic carbocycles. The van der Waals surface area contributed by atoms with Gasteiger partial charge in [0.25, 0.3) is 11.8 Å². The van der Waals surface area contributed by atoms with Gasteiger partial charge in [0, 0.05) is 51.6 Å². The van der Waals surface area contributed by atoms with E-state index in [9.17, 15) is 19.2 Å². The number of rotatable bonds is 18. The maximum Gasteiger partial charge on any atom is 0.305 e. The third-order valence-electron chi connectivity index (χ3n) is 8.85. The van der Waals surface area contributed by atoms with Gasteiger partial charge in [0.2, 0.25) is 5.91 Å². The van der Waals surface area contributed by atoms with Crippen LogP contribution in [0.4, 0.5) is 11.4 Å². The van der Waals surface area contributed by atoms with Crippen molar-refractivity contribution in [2.45, 2.75) is 52.4 Å². The van der Waals surface area contributed by atoms with E-state index in [4.69, 9.17) is 18.9 Å². The third kappa shape index (κ3) is 11.5. The minimum atomic E-state index is -0.418. The lowest BCUT2D eigenvalue weighted by Gasteiger charge is -2.32. The summed E-state index contributed by atoms with van der Waals surface area (Å²) in [5.74, 6) is 0.515. The molecular weight excluding hydrogens is 664 g/mol. The first-order valence-electron chi connectivity index (χ1n) is 18.0. The highest BCUT2D eigenvalue weighted by Gasteiger charge is 2.22. The van der Waals surface area contributed by atoms with E-state index in [1.165, 1.54) is 12.0 Å². The number of anilines is 2. The molecule has 1 fully saturated rings. The molecular formula is C40H52N4O8. The quantitative estimate of drug-likeness (QED) is 0.125. The summed E-state index contributed by atoms with van der Waals surface area (Å²) in [7, 11) is 5.24. The summed E-state index contributed by atoms with van der Waals surface area (Å²) in [6, 6.07) is 17.4. The Hall–Kier alpha value is -5.10. The number of piperazine rings is 1. The highest BCUT2D eigenvalue weighted by atomic mass is 16.5. The van der Waals surface area contributed by atoms with E-state index in [0.29, 0.717) is 65.8 Å². The molecule has 1 aliphatic heterocycles. The molecule has 3 amide bonds. The molecule has 0 saturated carbocycles. The molecule has 12 heteroatoms. The van der Waals surface area contributed by atoms with Crippen molar-refractivity contribution in [3.63, 3.8) is 0 Å². The van der Waals surface area contributed by atoms with Gasteiger partial charge in [-0.1, -0.05) is 18.2 Å². The number of unbranched alkanes of at least 4 members (excludes halogenated alkanes) is 2. The van der Waals surface area contributed by atoms with Crippen LogP contribution in [0.1, 0.15) is 71.7 Å². The topological polar surface area (TPSA) is 127 Å². The van der Waals surface area contributed by atoms with Crippen LogP contribution in [-0.4, -0.2) is 101 Å². The molecule has 4 rings (SSSR count). The summed E-state index contributed by atoms with van der Waals surface area (Å²) in [6.45, 7) is 8.18. The number of nitrogens with zero attached hydrogens (tertiary/aromatic N) is 3. The molecule has 0 aromatic heterocycles. The number of hydrogen-bond acceptors (Lipinski definition) is 9. The number of likely N-dealkylation sites (N-methyl/N-ethyl adjacent to an activating group) is 1. The van der Waals surface area contributed by atoms with Crippen molar-refractivity contribution in [1.29, 1.82) is 0 Å². The van der Waals surface area contributed by atoms with Crippen molar-refractivity contribution < 1.29 is 38.1 Å². The lowest BCUT2D eigenvalue weighted by molar-refractivity contribution is -0.143. The fraction of sp³-hybridized carbons (Fsp3) is 0.450. The van der Waals surface area contributed by atoms with Crippen LogP contribution in [0.15, 0.2) is 60.7 Å². The standard InChI is InChI=1S/C40H52N4O8/c1-6-50-38(46)16-12-26-51-34-14-10-9-13-31(34)39(47)41-32-19-18-30(28-35(32)49-5)40(48)43(4)33-20-17-29(2)27-36(33)52-25-11-7-8-15-37(45)44-23-21-42(3)22-24-44/h9-10,13-14,17-20,27-28H,6-8,11-12,15-16,21-26H2,1-5H3,(H,41,47). The molecule has 0 aliphatic carbocycles. The second-order valence-electron chi connectivity index (χ2n) is 12.8. The number of benzene rings is 3. The van der Waals surface area contributed by atoms with Crippen LogP contribution < -0.4 is 24.4 Å². The number of amides is 3. The van der Waals surface area contributed by atoms with Crippen LogP contribution in [0.2, 0.25) is 0 Å². The summed E-state index contributed by atoms with van der Waals surface area (Å²) in [5, 5.41) is 2.86.